The van der Waals surface area contributed by atoms with Crippen LogP contribution in [-0.2, 0) is 14.8 Å². The molecule has 0 heterocycles. The topological polar surface area (TPSA) is 93.7 Å². The fraction of sp³-hybridized carbons (Fsp3) is 0.348. The van der Waals surface area contributed by atoms with Crippen molar-refractivity contribution in [2.24, 2.45) is 5.92 Å². The summed E-state index contributed by atoms with van der Waals surface area (Å²) in [5.41, 5.74) is 2.09. The lowest BCUT2D eigenvalue weighted by molar-refractivity contribution is -0.118. The molecule has 2 N–H and O–H groups in total. The molecule has 2 aromatic rings. The average molecular weight is 445 g/mol. The zero-order chi connectivity index (χ0) is 23.0. The Morgan fingerprint density at radius 2 is 1.87 bits per heavy atom. The molecule has 0 aliphatic rings. The van der Waals surface area contributed by atoms with Gasteiger partial charge in [0.25, 0.3) is 0 Å². The first-order valence-corrected chi connectivity index (χ1v) is 11.5. The first-order valence-electron chi connectivity index (χ1n) is 9.87. The van der Waals surface area contributed by atoms with Crippen LogP contribution in [0.3, 0.4) is 0 Å². The number of hydrogen-bond acceptors (Lipinski definition) is 5. The van der Waals surface area contributed by atoms with Crippen LogP contribution >= 0.6 is 0 Å². The van der Waals surface area contributed by atoms with Gasteiger partial charge >= 0.3 is 0 Å². The first kappa shape index (κ1) is 24.3. The lowest BCUT2D eigenvalue weighted by Crippen LogP contribution is -2.47. The maximum atomic E-state index is 12.9. The van der Waals surface area contributed by atoms with Gasteiger partial charge in [-0.25, -0.2) is 13.1 Å². The fourth-order valence-corrected chi connectivity index (χ4v) is 3.83. The van der Waals surface area contributed by atoms with Crippen molar-refractivity contribution in [3.63, 3.8) is 0 Å². The van der Waals surface area contributed by atoms with Crippen LogP contribution in [0.15, 0.2) is 42.5 Å². The van der Waals surface area contributed by atoms with Crippen LogP contribution in [0.4, 0.5) is 5.69 Å². The van der Waals surface area contributed by atoms with Crippen LogP contribution in [0.1, 0.15) is 20.8 Å². The molecule has 0 aliphatic heterocycles. The minimum Gasteiger partial charge on any atom is -0.493 e. The molecule has 0 radical (unpaired) electrons. The molecule has 1 unspecified atom stereocenters. The fourth-order valence-electron chi connectivity index (χ4n) is 2.90. The van der Waals surface area contributed by atoms with Crippen molar-refractivity contribution in [2.45, 2.75) is 26.8 Å². The number of terminal acetylenes is 1. The molecule has 166 valence electrons. The summed E-state index contributed by atoms with van der Waals surface area (Å²) in [5, 5.41) is 2.86. The molecule has 31 heavy (non-hydrogen) atoms. The summed E-state index contributed by atoms with van der Waals surface area (Å²) in [4.78, 5) is 12.9. The molecule has 0 saturated heterocycles. The van der Waals surface area contributed by atoms with Crippen molar-refractivity contribution in [1.29, 1.82) is 0 Å². The molecule has 0 bridgehead atoms. The molecule has 0 aromatic heterocycles. The summed E-state index contributed by atoms with van der Waals surface area (Å²) in [7, 11) is -2.01. The highest BCUT2D eigenvalue weighted by Gasteiger charge is 2.27. The molecular weight excluding hydrogens is 416 g/mol. The van der Waals surface area contributed by atoms with Crippen molar-refractivity contribution >= 4 is 21.6 Å². The summed E-state index contributed by atoms with van der Waals surface area (Å²) < 4.78 is 37.4. The van der Waals surface area contributed by atoms with E-state index in [0.717, 1.165) is 11.1 Å². The summed E-state index contributed by atoms with van der Waals surface area (Å²) in [6, 6.07) is 11.7. The summed E-state index contributed by atoms with van der Waals surface area (Å²) in [6.07, 6.45) is 5.25. The van der Waals surface area contributed by atoms with E-state index in [2.05, 4.69) is 16.0 Å². The van der Waals surface area contributed by atoms with E-state index in [0.29, 0.717) is 17.2 Å². The van der Waals surface area contributed by atoms with Gasteiger partial charge in [-0.1, -0.05) is 44.0 Å². The van der Waals surface area contributed by atoms with Gasteiger partial charge in [0, 0.05) is 11.3 Å². The third-order valence-corrected chi connectivity index (χ3v) is 5.98. The molecule has 2 aromatic carbocycles. The molecular formula is C23H28N2O5S. The van der Waals surface area contributed by atoms with Gasteiger partial charge in [-0.05, 0) is 36.6 Å². The Morgan fingerprint density at radius 3 is 2.48 bits per heavy atom. The number of hydrogen-bond donors (Lipinski definition) is 2. The van der Waals surface area contributed by atoms with Gasteiger partial charge < -0.3 is 14.8 Å². The Bertz CT molecular complexity index is 1060. The number of carbonyl (C=O) groups excluding carboxylic acids is 1. The van der Waals surface area contributed by atoms with Crippen molar-refractivity contribution in [1.82, 2.24) is 4.72 Å². The number of carbonyl (C=O) groups is 1. The Balaban J connectivity index is 2.35. The van der Waals surface area contributed by atoms with Crippen molar-refractivity contribution in [3.8, 4) is 35.0 Å². The van der Waals surface area contributed by atoms with Gasteiger partial charge in [0.15, 0.2) is 11.5 Å². The van der Waals surface area contributed by atoms with E-state index in [9.17, 15) is 13.2 Å². The Kier molecular flexibility index (Phi) is 8.48. The van der Waals surface area contributed by atoms with Gasteiger partial charge in [0.05, 0.1) is 12.9 Å². The first-order chi connectivity index (χ1) is 14.7. The van der Waals surface area contributed by atoms with Crippen LogP contribution in [0, 0.1) is 18.3 Å². The van der Waals surface area contributed by atoms with E-state index in [4.69, 9.17) is 15.9 Å². The number of benzene rings is 2. The number of nitrogens with one attached hydrogen (secondary N) is 2. The van der Waals surface area contributed by atoms with Gasteiger partial charge in [-0.3, -0.25) is 4.79 Å². The number of amides is 1. The molecule has 1 atom stereocenters. The maximum absolute atomic E-state index is 12.9. The second kappa shape index (κ2) is 10.8. The summed E-state index contributed by atoms with van der Waals surface area (Å²) in [5.74, 6) is 2.66. The molecule has 0 aliphatic carbocycles. The second-order valence-electron chi connectivity index (χ2n) is 7.14. The quantitative estimate of drug-likeness (QED) is 0.549. The number of rotatable bonds is 10. The van der Waals surface area contributed by atoms with E-state index in [1.165, 1.54) is 14.0 Å². The molecule has 0 saturated carbocycles. The molecule has 2 rings (SSSR count). The maximum Gasteiger partial charge on any atom is 0.242 e. The molecule has 0 fully saturated rings. The predicted molar refractivity (Wildman–Crippen MR) is 123 cm³/mol. The lowest BCUT2D eigenvalue weighted by Gasteiger charge is -2.22. The Morgan fingerprint density at radius 1 is 1.16 bits per heavy atom. The van der Waals surface area contributed by atoms with Gasteiger partial charge in [-0.2, -0.15) is 0 Å². The van der Waals surface area contributed by atoms with Crippen molar-refractivity contribution in [3.05, 3.63) is 42.5 Å². The van der Waals surface area contributed by atoms with Crippen LogP contribution in [0.2, 0.25) is 0 Å². The standard InChI is InChI=1S/C23H28N2O5S/c1-6-14-30-20-13-12-17(15-21(20)29-5)18-10-8-9-11-19(18)24-23(26)22(16(3)4)25-31(27,28)7-2/h1,8-13,15-16,22,25H,7,14H2,2-5H3,(H,24,26). The van der Waals surface area contributed by atoms with Crippen LogP contribution in [0.5, 0.6) is 11.5 Å². The van der Waals surface area contributed by atoms with Crippen LogP contribution < -0.4 is 19.5 Å². The third kappa shape index (κ3) is 6.48. The highest BCUT2D eigenvalue weighted by atomic mass is 32.2. The highest BCUT2D eigenvalue weighted by Crippen LogP contribution is 2.35. The van der Waals surface area contributed by atoms with E-state index in [-0.39, 0.29) is 18.3 Å². The monoisotopic (exact) mass is 444 g/mol. The second-order valence-corrected chi connectivity index (χ2v) is 9.18. The zero-order valence-electron chi connectivity index (χ0n) is 18.1. The number of sulfonamides is 1. The largest absolute Gasteiger partial charge is 0.493 e. The highest BCUT2D eigenvalue weighted by molar-refractivity contribution is 7.89. The average Bonchev–Trinajstić information content (AvgIpc) is 2.76. The van der Waals surface area contributed by atoms with Crippen molar-refractivity contribution < 1.29 is 22.7 Å². The van der Waals surface area contributed by atoms with E-state index >= 15 is 0 Å². The van der Waals surface area contributed by atoms with Crippen LogP contribution in [-0.4, -0.2) is 39.8 Å². The van der Waals surface area contributed by atoms with Gasteiger partial charge in [0.1, 0.15) is 12.6 Å². The molecule has 0 spiro atoms. The van der Waals surface area contributed by atoms with Gasteiger partial charge in [-0.15, -0.1) is 6.42 Å². The van der Waals surface area contributed by atoms with E-state index in [1.807, 2.05) is 18.2 Å². The number of para-hydroxylation sites is 1. The summed E-state index contributed by atoms with van der Waals surface area (Å²) in [6.45, 7) is 5.21. The smallest absolute Gasteiger partial charge is 0.242 e. The Hall–Kier alpha value is -3.02. The minimum absolute atomic E-state index is 0.103. The van der Waals surface area contributed by atoms with Gasteiger partial charge in [0.2, 0.25) is 15.9 Å². The van der Waals surface area contributed by atoms with Crippen molar-refractivity contribution in [2.75, 3.05) is 24.8 Å². The minimum atomic E-state index is -3.54. The third-order valence-electron chi connectivity index (χ3n) is 4.61. The molecule has 1 amide bonds. The number of methoxy groups -OCH3 is 1. The molecule has 8 heteroatoms. The SMILES string of the molecule is C#CCOc1ccc(-c2ccccc2NC(=O)C(NS(=O)(=O)CC)C(C)C)cc1OC. The zero-order valence-corrected chi connectivity index (χ0v) is 19.0. The van der Waals surface area contributed by atoms with E-state index in [1.54, 1.807) is 38.1 Å². The number of anilines is 1. The molecule has 7 nitrogen and oxygen atoms in total. The van der Waals surface area contributed by atoms with E-state index < -0.39 is 22.0 Å². The Labute approximate surface area is 184 Å². The number of ether oxygens (including phenoxy) is 2. The summed E-state index contributed by atoms with van der Waals surface area (Å²) >= 11 is 0. The predicted octanol–water partition coefficient (Wildman–Crippen LogP) is 3.28. The normalized spacial score (nSPS) is 12.1. The lowest BCUT2D eigenvalue weighted by atomic mass is 10.0. The van der Waals surface area contributed by atoms with Crippen LogP contribution in [0.25, 0.3) is 11.1 Å².